The summed E-state index contributed by atoms with van der Waals surface area (Å²) < 4.78 is 4.93. The number of thioether (sulfide) groups is 1. The fraction of sp³-hybridized carbons (Fsp3) is 0.412. The van der Waals surface area contributed by atoms with Crippen molar-refractivity contribution >= 4 is 28.6 Å². The molecule has 1 atom stereocenters. The summed E-state index contributed by atoms with van der Waals surface area (Å²) in [5.41, 5.74) is 3.35. The summed E-state index contributed by atoms with van der Waals surface area (Å²) >= 11 is 1.48. The third-order valence-corrected chi connectivity index (χ3v) is 4.52. The molecule has 0 saturated carbocycles. The molecule has 0 unspecified atom stereocenters. The second kappa shape index (κ2) is 7.61. The molecule has 0 bridgehead atoms. The number of nitrogens with one attached hydrogen (secondary N) is 1. The first-order valence-electron chi connectivity index (χ1n) is 7.33. The van der Waals surface area contributed by atoms with Crippen LogP contribution in [0.4, 0.5) is 0 Å². The largest absolute Gasteiger partial charge is 0.383 e. The molecule has 1 aromatic carbocycles. The first kappa shape index (κ1) is 16.8. The third kappa shape index (κ3) is 3.99. The Labute approximate surface area is 135 Å². The van der Waals surface area contributed by atoms with E-state index in [1.807, 2.05) is 19.1 Å². The smallest absolute Gasteiger partial charge is 0.233 e. The van der Waals surface area contributed by atoms with Crippen LogP contribution < -0.4 is 5.32 Å². The van der Waals surface area contributed by atoms with E-state index in [0.717, 1.165) is 16.1 Å². The summed E-state index contributed by atoms with van der Waals surface area (Å²) in [6, 6.07) is 8.24. The normalized spacial score (nSPS) is 12.4. The third-order valence-electron chi connectivity index (χ3n) is 3.50. The van der Waals surface area contributed by atoms with Crippen LogP contribution >= 0.6 is 11.8 Å². The van der Waals surface area contributed by atoms with Gasteiger partial charge in [-0.25, -0.2) is 4.98 Å². The highest BCUT2D eigenvalue weighted by atomic mass is 32.2. The zero-order valence-corrected chi connectivity index (χ0v) is 14.3. The van der Waals surface area contributed by atoms with E-state index >= 15 is 0 Å². The number of carbonyl (C=O) groups is 1. The summed E-state index contributed by atoms with van der Waals surface area (Å²) in [5.74, 6) is 0.00591. The monoisotopic (exact) mass is 318 g/mol. The Bertz CT molecular complexity index is 673. The highest BCUT2D eigenvalue weighted by molar-refractivity contribution is 8.00. The molecule has 1 aromatic heterocycles. The number of hydrogen-bond acceptors (Lipinski definition) is 4. The Morgan fingerprint density at radius 3 is 2.86 bits per heavy atom. The zero-order chi connectivity index (χ0) is 16.1. The molecule has 0 radical (unpaired) electrons. The molecule has 2 rings (SSSR count). The van der Waals surface area contributed by atoms with Gasteiger partial charge in [0, 0.05) is 19.0 Å². The van der Waals surface area contributed by atoms with Crippen LogP contribution in [0, 0.1) is 13.8 Å². The van der Waals surface area contributed by atoms with Crippen LogP contribution in [-0.2, 0) is 9.53 Å². The highest BCUT2D eigenvalue weighted by Gasteiger charge is 2.15. The van der Waals surface area contributed by atoms with Crippen molar-refractivity contribution < 1.29 is 9.53 Å². The van der Waals surface area contributed by atoms with E-state index in [1.54, 1.807) is 7.11 Å². The molecular weight excluding hydrogens is 296 g/mol. The van der Waals surface area contributed by atoms with Gasteiger partial charge in [0.1, 0.15) is 0 Å². The number of fused-ring (bicyclic) bond motifs is 1. The van der Waals surface area contributed by atoms with E-state index in [2.05, 4.69) is 31.3 Å². The number of hydrogen-bond donors (Lipinski definition) is 1. The summed E-state index contributed by atoms with van der Waals surface area (Å²) in [6.07, 6.45) is 0. The van der Waals surface area contributed by atoms with Crippen LogP contribution in [0.2, 0.25) is 0 Å². The molecule has 2 aromatic rings. The van der Waals surface area contributed by atoms with Gasteiger partial charge in [0.2, 0.25) is 5.91 Å². The Kier molecular flexibility index (Phi) is 5.80. The lowest BCUT2D eigenvalue weighted by Gasteiger charge is -2.13. The van der Waals surface area contributed by atoms with Crippen LogP contribution in [0.3, 0.4) is 0 Å². The maximum atomic E-state index is 12.0. The van der Waals surface area contributed by atoms with Crippen molar-refractivity contribution in [2.24, 2.45) is 0 Å². The lowest BCUT2D eigenvalue weighted by atomic mass is 10.1. The van der Waals surface area contributed by atoms with E-state index < -0.39 is 0 Å². The molecule has 0 aliphatic heterocycles. The minimum atomic E-state index is -0.190. The van der Waals surface area contributed by atoms with Gasteiger partial charge in [0.05, 0.1) is 22.4 Å². The van der Waals surface area contributed by atoms with E-state index in [4.69, 9.17) is 9.72 Å². The van der Waals surface area contributed by atoms with E-state index in [-0.39, 0.29) is 11.2 Å². The van der Waals surface area contributed by atoms with Gasteiger partial charge in [-0.3, -0.25) is 4.79 Å². The van der Waals surface area contributed by atoms with Crippen LogP contribution in [0.15, 0.2) is 29.3 Å². The molecule has 0 spiro atoms. The molecular formula is C17H22N2O2S. The van der Waals surface area contributed by atoms with Gasteiger partial charge in [-0.2, -0.15) is 0 Å². The van der Waals surface area contributed by atoms with Crippen molar-refractivity contribution in [2.45, 2.75) is 31.0 Å². The predicted molar refractivity (Wildman–Crippen MR) is 91.4 cm³/mol. The summed E-state index contributed by atoms with van der Waals surface area (Å²) in [6.45, 7) is 7.09. The molecule has 4 nitrogen and oxygen atoms in total. The van der Waals surface area contributed by atoms with E-state index in [0.29, 0.717) is 13.2 Å². The van der Waals surface area contributed by atoms with Gasteiger partial charge in [-0.1, -0.05) is 30.0 Å². The van der Waals surface area contributed by atoms with Gasteiger partial charge in [-0.15, -0.1) is 0 Å². The van der Waals surface area contributed by atoms with Gasteiger partial charge >= 0.3 is 0 Å². The Morgan fingerprint density at radius 1 is 1.36 bits per heavy atom. The molecule has 0 aliphatic carbocycles. The minimum absolute atomic E-state index is 0.00591. The molecule has 1 heterocycles. The number of rotatable bonds is 6. The van der Waals surface area contributed by atoms with Crippen molar-refractivity contribution in [3.05, 3.63) is 35.4 Å². The number of nitrogens with zero attached hydrogens (tertiary/aromatic N) is 1. The number of pyridine rings is 1. The van der Waals surface area contributed by atoms with Crippen LogP contribution in [0.5, 0.6) is 0 Å². The Morgan fingerprint density at radius 2 is 2.14 bits per heavy atom. The number of carbonyl (C=O) groups excluding carboxylic acids is 1. The number of benzene rings is 1. The van der Waals surface area contributed by atoms with E-state index in [1.165, 1.54) is 22.7 Å². The zero-order valence-electron chi connectivity index (χ0n) is 13.5. The molecule has 5 heteroatoms. The molecule has 0 aliphatic rings. The van der Waals surface area contributed by atoms with E-state index in [9.17, 15) is 4.79 Å². The van der Waals surface area contributed by atoms with Crippen LogP contribution in [-0.4, -0.2) is 36.4 Å². The first-order chi connectivity index (χ1) is 10.5. The van der Waals surface area contributed by atoms with Gasteiger partial charge in [0.15, 0.2) is 0 Å². The summed E-state index contributed by atoms with van der Waals surface area (Å²) in [5, 5.41) is 4.72. The maximum Gasteiger partial charge on any atom is 0.233 e. The SMILES string of the molecule is COCCNC(=O)[C@@H](C)Sc1cc(C)c2cccc(C)c2n1. The fourth-order valence-corrected chi connectivity index (χ4v) is 3.19. The van der Waals surface area contributed by atoms with Crippen LogP contribution in [0.1, 0.15) is 18.1 Å². The number of aryl methyl sites for hydroxylation is 2. The van der Waals surface area contributed by atoms with Crippen molar-refractivity contribution in [3.63, 3.8) is 0 Å². The lowest BCUT2D eigenvalue weighted by molar-refractivity contribution is -0.120. The maximum absolute atomic E-state index is 12.0. The molecule has 0 fully saturated rings. The summed E-state index contributed by atoms with van der Waals surface area (Å²) in [7, 11) is 1.62. The first-order valence-corrected chi connectivity index (χ1v) is 8.21. The number of amides is 1. The number of methoxy groups -OCH3 is 1. The van der Waals surface area contributed by atoms with Crippen molar-refractivity contribution in [1.29, 1.82) is 0 Å². The molecule has 0 saturated heterocycles. The number of para-hydroxylation sites is 1. The topological polar surface area (TPSA) is 51.2 Å². The second-order valence-corrected chi connectivity index (χ2v) is 6.65. The van der Waals surface area contributed by atoms with Crippen molar-refractivity contribution in [2.75, 3.05) is 20.3 Å². The van der Waals surface area contributed by atoms with Crippen LogP contribution in [0.25, 0.3) is 10.9 Å². The van der Waals surface area contributed by atoms with Crippen molar-refractivity contribution in [1.82, 2.24) is 10.3 Å². The lowest BCUT2D eigenvalue weighted by Crippen LogP contribution is -2.33. The minimum Gasteiger partial charge on any atom is -0.383 e. The highest BCUT2D eigenvalue weighted by Crippen LogP contribution is 2.28. The van der Waals surface area contributed by atoms with Gasteiger partial charge in [-0.05, 0) is 38.0 Å². The Hall–Kier alpha value is -1.59. The average molecular weight is 318 g/mol. The molecule has 1 N–H and O–H groups in total. The standard InChI is InChI=1S/C17H22N2O2S/c1-11-6-5-7-14-12(2)10-15(19-16(11)14)22-13(3)17(20)18-8-9-21-4/h5-7,10,13H,8-9H2,1-4H3,(H,18,20)/t13-/m1/s1. The van der Waals surface area contributed by atoms with Crippen molar-refractivity contribution in [3.8, 4) is 0 Å². The summed E-state index contributed by atoms with van der Waals surface area (Å²) in [4.78, 5) is 16.7. The predicted octanol–water partition coefficient (Wildman–Crippen LogP) is 3.09. The number of aromatic nitrogens is 1. The molecule has 1 amide bonds. The molecule has 118 valence electrons. The van der Waals surface area contributed by atoms with Gasteiger partial charge in [0.25, 0.3) is 0 Å². The Balaban J connectivity index is 2.14. The average Bonchev–Trinajstić information content (AvgIpc) is 2.48. The molecule has 22 heavy (non-hydrogen) atoms. The second-order valence-electron chi connectivity index (χ2n) is 5.29. The number of ether oxygens (including phenoxy) is 1. The van der Waals surface area contributed by atoms with Gasteiger partial charge < -0.3 is 10.1 Å². The fourth-order valence-electron chi connectivity index (χ4n) is 2.25. The quantitative estimate of drug-likeness (QED) is 0.657.